The molecule has 0 radical (unpaired) electrons. The molecular formula is C14H17N3O. The fourth-order valence-electron chi connectivity index (χ4n) is 1.83. The van der Waals surface area contributed by atoms with Crippen molar-refractivity contribution in [3.8, 4) is 5.75 Å². The highest BCUT2D eigenvalue weighted by atomic mass is 16.5. The van der Waals surface area contributed by atoms with Gasteiger partial charge in [0.05, 0.1) is 18.8 Å². The Hall–Kier alpha value is -2.07. The molecule has 0 saturated heterocycles. The van der Waals surface area contributed by atoms with Crippen LogP contribution in [0.25, 0.3) is 0 Å². The van der Waals surface area contributed by atoms with Gasteiger partial charge in [-0.05, 0) is 29.8 Å². The molecule has 4 nitrogen and oxygen atoms in total. The first-order chi connectivity index (χ1) is 8.85. The third-order valence-corrected chi connectivity index (χ3v) is 2.78. The maximum absolute atomic E-state index is 5.82. The third-order valence-electron chi connectivity index (χ3n) is 2.78. The summed E-state index contributed by atoms with van der Waals surface area (Å²) in [4.78, 5) is 4.01. The van der Waals surface area contributed by atoms with Crippen LogP contribution in [0, 0.1) is 0 Å². The van der Waals surface area contributed by atoms with Crippen LogP contribution in [0.3, 0.4) is 0 Å². The van der Waals surface area contributed by atoms with E-state index in [0.717, 1.165) is 17.0 Å². The van der Waals surface area contributed by atoms with Crippen LogP contribution < -0.4 is 15.8 Å². The number of hydrogen-bond acceptors (Lipinski definition) is 4. The summed E-state index contributed by atoms with van der Waals surface area (Å²) in [5.41, 5.74) is 7.87. The van der Waals surface area contributed by atoms with E-state index in [1.165, 1.54) is 0 Å². The van der Waals surface area contributed by atoms with Crippen LogP contribution >= 0.6 is 0 Å². The molecule has 0 aliphatic carbocycles. The average molecular weight is 243 g/mol. The fraction of sp³-hybridized carbons (Fsp3) is 0.214. The maximum Gasteiger partial charge on any atom is 0.141 e. The molecule has 1 heterocycles. The topological polar surface area (TPSA) is 60.2 Å². The normalized spacial score (nSPS) is 11.9. The lowest BCUT2D eigenvalue weighted by molar-refractivity contribution is 0.416. The summed E-state index contributed by atoms with van der Waals surface area (Å²) in [7, 11) is 1.66. The van der Waals surface area contributed by atoms with Crippen molar-refractivity contribution in [2.45, 2.75) is 6.04 Å². The van der Waals surface area contributed by atoms with E-state index in [1.807, 2.05) is 36.4 Å². The van der Waals surface area contributed by atoms with Gasteiger partial charge in [-0.1, -0.05) is 12.1 Å². The molecule has 0 saturated carbocycles. The second kappa shape index (κ2) is 6.02. The minimum absolute atomic E-state index is 0.0456. The molecule has 0 aliphatic rings. The number of pyridine rings is 1. The van der Waals surface area contributed by atoms with Gasteiger partial charge in [0.1, 0.15) is 5.75 Å². The van der Waals surface area contributed by atoms with Crippen molar-refractivity contribution in [3.63, 3.8) is 0 Å². The van der Waals surface area contributed by atoms with Gasteiger partial charge in [0.15, 0.2) is 0 Å². The van der Waals surface area contributed by atoms with Crippen molar-refractivity contribution in [2.75, 3.05) is 19.0 Å². The van der Waals surface area contributed by atoms with Crippen molar-refractivity contribution in [3.05, 3.63) is 54.4 Å². The smallest absolute Gasteiger partial charge is 0.141 e. The van der Waals surface area contributed by atoms with Gasteiger partial charge >= 0.3 is 0 Å². The van der Waals surface area contributed by atoms with Crippen molar-refractivity contribution < 1.29 is 4.74 Å². The zero-order valence-corrected chi connectivity index (χ0v) is 10.3. The number of aromatic nitrogens is 1. The van der Waals surface area contributed by atoms with Gasteiger partial charge in [0.25, 0.3) is 0 Å². The third kappa shape index (κ3) is 2.78. The highest BCUT2D eigenvalue weighted by molar-refractivity contribution is 5.57. The van der Waals surface area contributed by atoms with Crippen LogP contribution in [0.2, 0.25) is 0 Å². The van der Waals surface area contributed by atoms with Crippen LogP contribution in [0.1, 0.15) is 11.6 Å². The molecule has 0 bridgehead atoms. The summed E-state index contributed by atoms with van der Waals surface area (Å²) in [5, 5.41) is 3.39. The number of methoxy groups -OCH3 is 1. The Kier molecular flexibility index (Phi) is 4.15. The summed E-state index contributed by atoms with van der Waals surface area (Å²) < 4.78 is 5.31. The Labute approximate surface area is 107 Å². The molecule has 18 heavy (non-hydrogen) atoms. The number of ether oxygens (including phenoxy) is 1. The predicted molar refractivity (Wildman–Crippen MR) is 72.6 cm³/mol. The van der Waals surface area contributed by atoms with Gasteiger partial charge in [-0.2, -0.15) is 0 Å². The molecule has 1 aromatic heterocycles. The molecule has 2 rings (SSSR count). The molecule has 2 aromatic rings. The number of benzene rings is 1. The first kappa shape index (κ1) is 12.4. The van der Waals surface area contributed by atoms with E-state index in [0.29, 0.717) is 6.54 Å². The lowest BCUT2D eigenvalue weighted by Crippen LogP contribution is -2.20. The van der Waals surface area contributed by atoms with E-state index in [9.17, 15) is 0 Å². The predicted octanol–water partition coefficient (Wildman–Crippen LogP) is 2.20. The number of hydrogen-bond donors (Lipinski definition) is 2. The Morgan fingerprint density at radius 3 is 2.61 bits per heavy atom. The standard InChI is InChI=1S/C14H17N3O/c1-18-14-5-3-2-4-12(14)17-13(10-15)11-6-8-16-9-7-11/h2-9,13,17H,10,15H2,1H3. The average Bonchev–Trinajstić information content (AvgIpc) is 2.46. The molecule has 1 unspecified atom stereocenters. The van der Waals surface area contributed by atoms with Gasteiger partial charge in [0, 0.05) is 18.9 Å². The van der Waals surface area contributed by atoms with Gasteiger partial charge in [-0.3, -0.25) is 4.98 Å². The molecule has 1 atom stereocenters. The quantitative estimate of drug-likeness (QED) is 0.845. The molecule has 0 amide bonds. The number of nitrogens with two attached hydrogens (primary N) is 1. The summed E-state index contributed by atoms with van der Waals surface area (Å²) in [6.45, 7) is 0.502. The largest absolute Gasteiger partial charge is 0.495 e. The molecule has 1 aromatic carbocycles. The van der Waals surface area contributed by atoms with Crippen molar-refractivity contribution in [1.82, 2.24) is 4.98 Å². The molecular weight excluding hydrogens is 226 g/mol. The monoisotopic (exact) mass is 243 g/mol. The highest BCUT2D eigenvalue weighted by Gasteiger charge is 2.11. The van der Waals surface area contributed by atoms with Crippen molar-refractivity contribution >= 4 is 5.69 Å². The van der Waals surface area contributed by atoms with Crippen LogP contribution in [-0.4, -0.2) is 18.6 Å². The maximum atomic E-state index is 5.82. The number of para-hydroxylation sites is 2. The van der Waals surface area contributed by atoms with E-state index < -0.39 is 0 Å². The molecule has 0 spiro atoms. The number of nitrogens with zero attached hydrogens (tertiary/aromatic N) is 1. The lowest BCUT2D eigenvalue weighted by atomic mass is 10.1. The number of nitrogens with one attached hydrogen (secondary N) is 1. The fourth-order valence-corrected chi connectivity index (χ4v) is 1.83. The number of anilines is 1. The molecule has 94 valence electrons. The minimum atomic E-state index is 0.0456. The Bertz CT molecular complexity index is 487. The first-order valence-electron chi connectivity index (χ1n) is 5.84. The summed E-state index contributed by atoms with van der Waals surface area (Å²) in [6.07, 6.45) is 3.53. The summed E-state index contributed by atoms with van der Waals surface area (Å²) in [5.74, 6) is 0.810. The molecule has 3 N–H and O–H groups in total. The Morgan fingerprint density at radius 1 is 1.22 bits per heavy atom. The van der Waals surface area contributed by atoms with E-state index in [4.69, 9.17) is 10.5 Å². The molecule has 0 fully saturated rings. The second-order valence-corrected chi connectivity index (χ2v) is 3.91. The SMILES string of the molecule is COc1ccccc1NC(CN)c1ccncc1. The van der Waals surface area contributed by atoms with Crippen LogP contribution in [0.4, 0.5) is 5.69 Å². The van der Waals surface area contributed by atoms with Crippen LogP contribution in [-0.2, 0) is 0 Å². The van der Waals surface area contributed by atoms with Crippen LogP contribution in [0.5, 0.6) is 5.75 Å². The second-order valence-electron chi connectivity index (χ2n) is 3.91. The van der Waals surface area contributed by atoms with E-state index in [2.05, 4.69) is 10.3 Å². The van der Waals surface area contributed by atoms with E-state index in [-0.39, 0.29) is 6.04 Å². The van der Waals surface area contributed by atoms with Gasteiger partial charge < -0.3 is 15.8 Å². The zero-order chi connectivity index (χ0) is 12.8. The van der Waals surface area contributed by atoms with Gasteiger partial charge in [0.2, 0.25) is 0 Å². The first-order valence-corrected chi connectivity index (χ1v) is 5.84. The van der Waals surface area contributed by atoms with E-state index in [1.54, 1.807) is 19.5 Å². The Morgan fingerprint density at radius 2 is 1.94 bits per heavy atom. The van der Waals surface area contributed by atoms with Gasteiger partial charge in [-0.25, -0.2) is 0 Å². The minimum Gasteiger partial charge on any atom is -0.495 e. The van der Waals surface area contributed by atoms with Crippen LogP contribution in [0.15, 0.2) is 48.8 Å². The van der Waals surface area contributed by atoms with Crippen molar-refractivity contribution in [1.29, 1.82) is 0 Å². The summed E-state index contributed by atoms with van der Waals surface area (Å²) >= 11 is 0. The van der Waals surface area contributed by atoms with Crippen molar-refractivity contribution in [2.24, 2.45) is 5.73 Å². The summed E-state index contributed by atoms with van der Waals surface area (Å²) in [6, 6.07) is 11.8. The van der Waals surface area contributed by atoms with E-state index >= 15 is 0 Å². The van der Waals surface area contributed by atoms with Gasteiger partial charge in [-0.15, -0.1) is 0 Å². The molecule has 4 heteroatoms. The Balaban J connectivity index is 2.21. The zero-order valence-electron chi connectivity index (χ0n) is 10.3. The lowest BCUT2D eigenvalue weighted by Gasteiger charge is -2.20. The molecule has 0 aliphatic heterocycles. The highest BCUT2D eigenvalue weighted by Crippen LogP contribution is 2.27. The number of rotatable bonds is 5.